The Morgan fingerprint density at radius 2 is 0.812 bits per heavy atom. The number of allylic oxidation sites excluding steroid dienone is 7. The van der Waals surface area contributed by atoms with Crippen molar-refractivity contribution in [1.82, 2.24) is 34.4 Å². The molecule has 0 N–H and O–H groups in total. The van der Waals surface area contributed by atoms with Crippen molar-refractivity contribution in [2.24, 2.45) is 0 Å². The number of fused-ring (bicyclic) bond motifs is 30. The monoisotopic (exact) mass is 1270 g/mol. The van der Waals surface area contributed by atoms with E-state index in [1.54, 1.807) is 17.7 Å². The molecule has 18 aliphatic heterocycles. The van der Waals surface area contributed by atoms with Crippen LogP contribution < -0.4 is 29.4 Å². The highest BCUT2D eigenvalue weighted by atomic mass is 16.5. The van der Waals surface area contributed by atoms with Crippen molar-refractivity contribution in [2.45, 2.75) is 127 Å². The van der Waals surface area contributed by atoms with Gasteiger partial charge in [0.15, 0.2) is 0 Å². The third-order valence-corrected chi connectivity index (χ3v) is 22.6. The van der Waals surface area contributed by atoms with Gasteiger partial charge in [-0.15, -0.1) is 0 Å². The predicted octanol–water partition coefficient (Wildman–Crippen LogP) is 13.9. The third-order valence-electron chi connectivity index (χ3n) is 22.6. The molecule has 15 nitrogen and oxygen atoms in total. The van der Waals surface area contributed by atoms with Crippen molar-refractivity contribution in [3.63, 3.8) is 0 Å². The summed E-state index contributed by atoms with van der Waals surface area (Å²) in [5.74, 6) is 0. The number of pyridine rings is 1. The van der Waals surface area contributed by atoms with Gasteiger partial charge in [0.05, 0.1) is 36.6 Å². The standard InChI is InChI=1S/C14H16N2.C14H14N2.C14H12N2.C13H15N3.C13H14N2O.C13H12N2O/c3*1-2-7-13-11(5-1)9-14-15-8-4-3-6-12(15)10-16(13)14;1-2-6-15-11(3-1)9-16-12-4-5-14-8-10(12)7-13(15)16;2*1-2-4-12-10(3-1)7-13-14-5-6-16-9-11(14)8-15(12)13/h1-2,5,7,10,14H,3-4,6,8-9H2;1-2,4-5,7-8,10,14H,3,6,9H2;1-8,10,14H,9H2;4-5,8-9,13H,1-3,6-7H2;1-4,8,13H,5-7,9H2;1-6,8,13H,7,9H2. The van der Waals surface area contributed by atoms with Gasteiger partial charge in [-0.25, -0.2) is 0 Å². The van der Waals surface area contributed by atoms with E-state index < -0.39 is 0 Å². The molecule has 0 spiro atoms. The van der Waals surface area contributed by atoms with Crippen molar-refractivity contribution in [2.75, 3.05) is 68.9 Å². The Morgan fingerprint density at radius 1 is 0.354 bits per heavy atom. The first-order valence-corrected chi connectivity index (χ1v) is 35.4. The Bertz CT molecular complexity index is 4060. The lowest BCUT2D eigenvalue weighted by molar-refractivity contribution is 0.0648. The highest BCUT2D eigenvalue weighted by Crippen LogP contribution is 2.47. The molecule has 96 heavy (non-hydrogen) atoms. The van der Waals surface area contributed by atoms with Gasteiger partial charge in [-0.05, 0) is 133 Å². The molecule has 0 bridgehead atoms. The Morgan fingerprint density at radius 3 is 1.40 bits per heavy atom. The van der Waals surface area contributed by atoms with Crippen LogP contribution in [0.2, 0.25) is 0 Å². The molecule has 0 saturated carbocycles. The van der Waals surface area contributed by atoms with Crippen molar-refractivity contribution in [3.05, 3.63) is 294 Å². The molecule has 24 rings (SSSR count). The number of nitrogens with zero attached hydrogens (tertiary/aromatic N) is 13. The molecule has 6 unspecified atom stereocenters. The molecule has 18 aliphatic rings. The highest BCUT2D eigenvalue weighted by Gasteiger charge is 2.45. The number of hydrogen-bond donors (Lipinski definition) is 0. The SMILES string of the molecule is C1=C2CCCCN2C2Cc3ccccc3N12.C1=C2CCCCN2C2Cc3cnccc3N12.C1=C2COCCN2C2Cc3ccccc3N12.C1=CC2=CN3c4ccccc4CC3N2C=C1.C1=CN2C(=CN3c4ccccc4CC23)CC1.C1=CN2C(=CN3c4ccccc4CC23)CO1. The lowest BCUT2D eigenvalue weighted by atomic mass is 10.1. The molecule has 6 aromatic rings. The van der Waals surface area contributed by atoms with Crippen LogP contribution in [0.15, 0.2) is 260 Å². The first kappa shape index (κ1) is 57.5. The molecule has 0 amide bonds. The summed E-state index contributed by atoms with van der Waals surface area (Å²) >= 11 is 0. The minimum absolute atomic E-state index is 0.424. The molecule has 15 heteroatoms. The number of hydrogen-bond acceptors (Lipinski definition) is 15. The summed E-state index contributed by atoms with van der Waals surface area (Å²) in [5, 5.41) is 0. The lowest BCUT2D eigenvalue weighted by Crippen LogP contribution is -2.42. The molecule has 3 fully saturated rings. The van der Waals surface area contributed by atoms with Crippen LogP contribution in [0.1, 0.15) is 84.7 Å². The maximum atomic E-state index is 5.50. The molecular formula is C81H83N13O2. The fourth-order valence-corrected chi connectivity index (χ4v) is 18.0. The number of morpholine rings is 1. The molecule has 5 aromatic carbocycles. The molecule has 19 heterocycles. The first-order valence-electron chi connectivity index (χ1n) is 35.4. The van der Waals surface area contributed by atoms with Gasteiger partial charge in [-0.2, -0.15) is 0 Å². The normalized spacial score (nSPS) is 25.5. The van der Waals surface area contributed by atoms with Crippen LogP contribution in [0.25, 0.3) is 0 Å². The number of aromatic nitrogens is 1. The molecule has 6 atom stereocenters. The fraction of sp³-hybridized carbons (Fsp3) is 0.321. The van der Waals surface area contributed by atoms with E-state index in [9.17, 15) is 0 Å². The van der Waals surface area contributed by atoms with Gasteiger partial charge in [0.2, 0.25) is 0 Å². The van der Waals surface area contributed by atoms with E-state index in [-0.39, 0.29) is 0 Å². The maximum Gasteiger partial charge on any atom is 0.129 e. The Kier molecular flexibility index (Phi) is 14.4. The zero-order valence-corrected chi connectivity index (χ0v) is 54.6. The van der Waals surface area contributed by atoms with Crippen LogP contribution in [-0.2, 0) is 48.0 Å². The summed E-state index contributed by atoms with van der Waals surface area (Å²) < 4.78 is 10.8. The van der Waals surface area contributed by atoms with Gasteiger partial charge in [0.25, 0.3) is 0 Å². The lowest BCUT2D eigenvalue weighted by Gasteiger charge is -2.32. The van der Waals surface area contributed by atoms with Crippen molar-refractivity contribution in [1.29, 1.82) is 0 Å². The van der Waals surface area contributed by atoms with E-state index in [2.05, 4.69) is 265 Å². The smallest absolute Gasteiger partial charge is 0.129 e. The Hall–Kier alpha value is -9.99. The second kappa shape index (κ2) is 24.0. The van der Waals surface area contributed by atoms with Crippen LogP contribution in [0.5, 0.6) is 0 Å². The largest absolute Gasteiger partial charge is 0.493 e. The average Bonchev–Trinajstić information content (AvgIpc) is 1.66. The first-order chi connectivity index (χ1) is 47.6. The minimum Gasteiger partial charge on any atom is -0.493 e. The van der Waals surface area contributed by atoms with Gasteiger partial charge in [0, 0.05) is 178 Å². The molecule has 0 radical (unpaired) electrons. The van der Waals surface area contributed by atoms with Gasteiger partial charge >= 0.3 is 0 Å². The molecule has 484 valence electrons. The Balaban J connectivity index is 0.0000000812. The summed E-state index contributed by atoms with van der Waals surface area (Å²) in [7, 11) is 0. The fourth-order valence-electron chi connectivity index (χ4n) is 18.0. The van der Waals surface area contributed by atoms with Crippen LogP contribution in [-0.4, -0.2) is 111 Å². The quantitative estimate of drug-likeness (QED) is 0.145. The van der Waals surface area contributed by atoms with Gasteiger partial charge < -0.3 is 68.3 Å². The van der Waals surface area contributed by atoms with Crippen LogP contribution in [0, 0.1) is 0 Å². The Labute approximate surface area is 564 Å². The number of anilines is 6. The average molecular weight is 1270 g/mol. The summed E-state index contributed by atoms with van der Waals surface area (Å²) in [6.07, 6.45) is 54.7. The molecule has 1 aromatic heterocycles. The van der Waals surface area contributed by atoms with Gasteiger partial charge in [-0.1, -0.05) is 103 Å². The van der Waals surface area contributed by atoms with E-state index in [4.69, 9.17) is 9.47 Å². The van der Waals surface area contributed by atoms with E-state index >= 15 is 0 Å². The van der Waals surface area contributed by atoms with Gasteiger partial charge in [-0.3, -0.25) is 4.98 Å². The maximum absolute atomic E-state index is 5.50. The van der Waals surface area contributed by atoms with Crippen LogP contribution in [0.4, 0.5) is 34.1 Å². The number of piperidine rings is 2. The number of benzene rings is 5. The zero-order chi connectivity index (χ0) is 63.2. The van der Waals surface area contributed by atoms with Gasteiger partial charge in [0.1, 0.15) is 43.6 Å². The minimum atomic E-state index is 0.424. The van der Waals surface area contributed by atoms with E-state index in [0.29, 0.717) is 43.6 Å². The number of ether oxygens (including phenoxy) is 2. The zero-order valence-electron chi connectivity index (χ0n) is 54.6. The summed E-state index contributed by atoms with van der Waals surface area (Å²) in [6.45, 7) is 5.83. The summed E-state index contributed by atoms with van der Waals surface area (Å²) in [4.78, 5) is 33.5. The third kappa shape index (κ3) is 9.88. The van der Waals surface area contributed by atoms with Crippen molar-refractivity contribution >= 4 is 34.1 Å². The van der Waals surface area contributed by atoms with Crippen LogP contribution in [0.3, 0.4) is 0 Å². The summed E-state index contributed by atoms with van der Waals surface area (Å²) in [5.41, 5.74) is 25.4. The van der Waals surface area contributed by atoms with Crippen molar-refractivity contribution < 1.29 is 9.47 Å². The molecular weight excluding hydrogens is 1190 g/mol. The molecule has 3 saturated heterocycles. The second-order valence-electron chi connectivity index (χ2n) is 27.8. The number of para-hydroxylation sites is 5. The van der Waals surface area contributed by atoms with E-state index in [1.807, 2.05) is 18.6 Å². The van der Waals surface area contributed by atoms with Crippen molar-refractivity contribution in [3.8, 4) is 0 Å². The molecule has 0 aliphatic carbocycles. The second-order valence-corrected chi connectivity index (χ2v) is 27.8. The topological polar surface area (TPSA) is 70.2 Å². The van der Waals surface area contributed by atoms with E-state index in [0.717, 1.165) is 51.9 Å². The number of rotatable bonds is 0. The van der Waals surface area contributed by atoms with E-state index in [1.165, 1.54) is 161 Å². The summed E-state index contributed by atoms with van der Waals surface area (Å²) in [6, 6.07) is 45.7. The predicted molar refractivity (Wildman–Crippen MR) is 381 cm³/mol. The van der Waals surface area contributed by atoms with Crippen LogP contribution >= 0.6 is 0 Å². The highest BCUT2D eigenvalue weighted by molar-refractivity contribution is 5.69.